The number of rotatable bonds is 5. The molecule has 178 valence electrons. The fraction of sp³-hybridized carbons (Fsp3) is 0.667. The van der Waals surface area contributed by atoms with Crippen molar-refractivity contribution >= 4 is 27.5 Å². The van der Waals surface area contributed by atoms with Crippen molar-refractivity contribution in [3.63, 3.8) is 0 Å². The minimum Gasteiger partial charge on any atom is -0.341 e. The van der Waals surface area contributed by atoms with Crippen LogP contribution >= 0.6 is 0 Å². The molecule has 0 radical (unpaired) electrons. The summed E-state index contributed by atoms with van der Waals surface area (Å²) in [5.41, 5.74) is 1.24. The lowest BCUT2D eigenvalue weighted by Gasteiger charge is -2.39. The molecule has 1 saturated heterocycles. The van der Waals surface area contributed by atoms with Gasteiger partial charge in [0.25, 0.3) is 0 Å². The number of nitrogens with zero attached hydrogens (tertiary/aromatic N) is 3. The second-order valence-corrected chi connectivity index (χ2v) is 11.8. The summed E-state index contributed by atoms with van der Waals surface area (Å²) in [6.45, 7) is 12.0. The predicted octanol–water partition coefficient (Wildman–Crippen LogP) is 3.28. The number of fused-ring (bicyclic) bond motifs is 1. The van der Waals surface area contributed by atoms with Crippen LogP contribution in [0.4, 0.5) is 5.69 Å². The molecular formula is C24H37N3O4S. The summed E-state index contributed by atoms with van der Waals surface area (Å²) in [5, 5.41) is 0. The van der Waals surface area contributed by atoms with E-state index in [2.05, 4.69) is 0 Å². The molecule has 0 aromatic heterocycles. The highest BCUT2D eigenvalue weighted by Crippen LogP contribution is 2.33. The van der Waals surface area contributed by atoms with Gasteiger partial charge in [-0.15, -0.1) is 0 Å². The number of hydrogen-bond donors (Lipinski definition) is 0. The molecule has 7 nitrogen and oxygen atoms in total. The Morgan fingerprint density at radius 3 is 2.41 bits per heavy atom. The summed E-state index contributed by atoms with van der Waals surface area (Å²) in [4.78, 5) is 30.1. The molecule has 32 heavy (non-hydrogen) atoms. The monoisotopic (exact) mass is 463 g/mol. The maximum absolute atomic E-state index is 13.5. The van der Waals surface area contributed by atoms with E-state index in [1.165, 1.54) is 4.31 Å². The molecular weight excluding hydrogens is 426 g/mol. The Labute approximate surface area is 192 Å². The van der Waals surface area contributed by atoms with Crippen LogP contribution in [0.2, 0.25) is 0 Å². The topological polar surface area (TPSA) is 78.0 Å². The van der Waals surface area contributed by atoms with Gasteiger partial charge in [0.1, 0.15) is 0 Å². The van der Waals surface area contributed by atoms with Crippen LogP contribution in [-0.2, 0) is 26.0 Å². The summed E-state index contributed by atoms with van der Waals surface area (Å²) in [6.07, 6.45) is 3.14. The van der Waals surface area contributed by atoms with E-state index in [9.17, 15) is 18.0 Å². The van der Waals surface area contributed by atoms with Gasteiger partial charge in [-0.25, -0.2) is 8.42 Å². The molecule has 0 N–H and O–H groups in total. The first-order valence-corrected chi connectivity index (χ1v) is 13.2. The number of anilines is 1. The zero-order valence-corrected chi connectivity index (χ0v) is 20.9. The lowest BCUT2D eigenvalue weighted by Crippen LogP contribution is -2.50. The summed E-state index contributed by atoms with van der Waals surface area (Å²) < 4.78 is 27.3. The molecule has 2 heterocycles. The number of amides is 2. The highest BCUT2D eigenvalue weighted by molar-refractivity contribution is 7.89. The number of carbonyl (C=O) groups is 2. The Bertz CT molecular complexity index is 964. The van der Waals surface area contributed by atoms with E-state index >= 15 is 0 Å². The van der Waals surface area contributed by atoms with Gasteiger partial charge < -0.3 is 9.80 Å². The molecule has 0 saturated carbocycles. The molecule has 0 aliphatic carbocycles. The zero-order valence-electron chi connectivity index (χ0n) is 20.1. The van der Waals surface area contributed by atoms with Gasteiger partial charge in [-0.05, 0) is 49.4 Å². The largest absolute Gasteiger partial charge is 0.341 e. The van der Waals surface area contributed by atoms with Gasteiger partial charge in [-0.2, -0.15) is 4.31 Å². The van der Waals surface area contributed by atoms with Gasteiger partial charge in [0.05, 0.1) is 10.8 Å². The Morgan fingerprint density at radius 2 is 1.78 bits per heavy atom. The number of sulfonamides is 1. The maximum Gasteiger partial charge on any atom is 0.243 e. The van der Waals surface area contributed by atoms with E-state index in [0.29, 0.717) is 32.7 Å². The first-order chi connectivity index (χ1) is 15.0. The molecule has 2 aliphatic rings. The van der Waals surface area contributed by atoms with Crippen molar-refractivity contribution in [1.82, 2.24) is 9.21 Å². The predicted molar refractivity (Wildman–Crippen MR) is 126 cm³/mol. The molecule has 8 heteroatoms. The molecule has 2 amide bonds. The maximum atomic E-state index is 13.5. The van der Waals surface area contributed by atoms with Gasteiger partial charge >= 0.3 is 0 Å². The fourth-order valence-corrected chi connectivity index (χ4v) is 6.24. The van der Waals surface area contributed by atoms with E-state index < -0.39 is 15.4 Å². The minimum absolute atomic E-state index is 0.0386. The Hall–Kier alpha value is -1.93. The van der Waals surface area contributed by atoms with Crippen molar-refractivity contribution in [2.24, 2.45) is 11.3 Å². The lowest BCUT2D eigenvalue weighted by atomic mass is 9.90. The average molecular weight is 464 g/mol. The van der Waals surface area contributed by atoms with Gasteiger partial charge in [0.2, 0.25) is 21.8 Å². The van der Waals surface area contributed by atoms with Crippen LogP contribution in [0.25, 0.3) is 0 Å². The van der Waals surface area contributed by atoms with E-state index in [1.54, 1.807) is 18.2 Å². The second-order valence-electron chi connectivity index (χ2n) is 9.81. The van der Waals surface area contributed by atoms with E-state index in [4.69, 9.17) is 0 Å². The third-order valence-electron chi connectivity index (χ3n) is 6.48. The summed E-state index contributed by atoms with van der Waals surface area (Å²) >= 11 is 0. The Balaban J connectivity index is 1.83. The van der Waals surface area contributed by atoms with Gasteiger partial charge in [0.15, 0.2) is 0 Å². The van der Waals surface area contributed by atoms with Crippen LogP contribution in [0.5, 0.6) is 0 Å². The highest BCUT2D eigenvalue weighted by Gasteiger charge is 2.36. The smallest absolute Gasteiger partial charge is 0.243 e. The van der Waals surface area contributed by atoms with Crippen molar-refractivity contribution in [2.75, 3.05) is 37.6 Å². The number of hydrogen-bond acceptors (Lipinski definition) is 4. The number of likely N-dealkylation sites (tertiary alicyclic amines) is 1. The zero-order chi connectivity index (χ0) is 23.7. The second kappa shape index (κ2) is 9.51. The third-order valence-corrected chi connectivity index (χ3v) is 8.52. The van der Waals surface area contributed by atoms with Crippen molar-refractivity contribution < 1.29 is 18.0 Å². The van der Waals surface area contributed by atoms with E-state index in [-0.39, 0.29) is 22.6 Å². The van der Waals surface area contributed by atoms with Crippen molar-refractivity contribution in [3.05, 3.63) is 23.8 Å². The Morgan fingerprint density at radius 1 is 1.09 bits per heavy atom. The number of carbonyl (C=O) groups excluding carboxylic acids is 2. The molecule has 1 fully saturated rings. The van der Waals surface area contributed by atoms with Crippen molar-refractivity contribution in [1.29, 1.82) is 0 Å². The average Bonchev–Trinajstić information content (AvgIpc) is 2.77. The van der Waals surface area contributed by atoms with Crippen LogP contribution < -0.4 is 4.90 Å². The summed E-state index contributed by atoms with van der Waals surface area (Å²) in [5.74, 6) is -0.0999. The lowest BCUT2D eigenvalue weighted by molar-refractivity contribution is -0.142. The standard InChI is InChI=1S/C24H37N3O4S/c1-6-26(7-2)32(30,31)20-12-13-21-18(16-20)10-9-15-27(21)22(28)19-11-8-14-25(17-19)23(29)24(3,4)5/h12-13,16,19H,6-11,14-15,17H2,1-5H3. The molecule has 0 bridgehead atoms. The van der Waals surface area contributed by atoms with Crippen LogP contribution in [-0.4, -0.2) is 62.2 Å². The molecule has 0 spiro atoms. The van der Waals surface area contributed by atoms with Crippen LogP contribution in [0.1, 0.15) is 59.4 Å². The first kappa shape index (κ1) is 24.7. The quantitative estimate of drug-likeness (QED) is 0.671. The normalized spacial score (nSPS) is 19.8. The summed E-state index contributed by atoms with van der Waals surface area (Å²) in [6, 6.07) is 5.14. The van der Waals surface area contributed by atoms with Crippen molar-refractivity contribution in [2.45, 2.75) is 65.2 Å². The molecule has 1 unspecified atom stereocenters. The van der Waals surface area contributed by atoms with Crippen molar-refractivity contribution in [3.8, 4) is 0 Å². The van der Waals surface area contributed by atoms with Gasteiger partial charge in [-0.1, -0.05) is 34.6 Å². The molecule has 1 aromatic rings. The first-order valence-electron chi connectivity index (χ1n) is 11.7. The highest BCUT2D eigenvalue weighted by atomic mass is 32.2. The molecule has 2 aliphatic heterocycles. The van der Waals surface area contributed by atoms with Crippen LogP contribution in [0.3, 0.4) is 0 Å². The summed E-state index contributed by atoms with van der Waals surface area (Å²) in [7, 11) is -3.54. The number of aryl methyl sites for hydroxylation is 1. The third kappa shape index (κ3) is 4.86. The van der Waals surface area contributed by atoms with Gasteiger partial charge in [-0.3, -0.25) is 9.59 Å². The van der Waals surface area contributed by atoms with E-state index in [1.807, 2.05) is 44.4 Å². The SMILES string of the molecule is CCN(CC)S(=O)(=O)c1ccc2c(c1)CCCN2C(=O)C1CCCN(C(=O)C(C)(C)C)C1. The van der Waals surface area contributed by atoms with Gasteiger partial charge in [0, 0.05) is 43.8 Å². The molecule has 1 aromatic carbocycles. The molecule has 1 atom stereocenters. The number of benzene rings is 1. The molecule has 3 rings (SSSR count). The fourth-order valence-electron chi connectivity index (χ4n) is 4.73. The minimum atomic E-state index is -3.54. The Kier molecular flexibility index (Phi) is 7.34. The van der Waals surface area contributed by atoms with E-state index in [0.717, 1.165) is 36.9 Å². The van der Waals surface area contributed by atoms with Crippen LogP contribution in [0.15, 0.2) is 23.1 Å². The number of piperidine rings is 1. The van der Waals surface area contributed by atoms with Crippen LogP contribution in [0, 0.1) is 11.3 Å².